The van der Waals surface area contributed by atoms with E-state index in [1.165, 1.54) is 0 Å². The van der Waals surface area contributed by atoms with E-state index in [1.54, 1.807) is 24.3 Å². The zero-order chi connectivity index (χ0) is 12.1. The van der Waals surface area contributed by atoms with Crippen LogP contribution in [0.3, 0.4) is 0 Å². The molecule has 3 amide bonds. The van der Waals surface area contributed by atoms with Gasteiger partial charge >= 0.3 is 6.03 Å². The second kappa shape index (κ2) is 5.01. The van der Waals surface area contributed by atoms with Gasteiger partial charge in [-0.1, -0.05) is 12.1 Å². The van der Waals surface area contributed by atoms with Crippen molar-refractivity contribution >= 4 is 17.6 Å². The molecule has 0 radical (unpaired) electrons. The van der Waals surface area contributed by atoms with Gasteiger partial charge in [-0.2, -0.15) is 0 Å². The highest BCUT2D eigenvalue weighted by Gasteiger charge is 2.12. The molecule has 0 saturated heterocycles. The molecule has 0 atom stereocenters. The molecule has 0 saturated carbocycles. The van der Waals surface area contributed by atoms with Crippen molar-refractivity contribution in [3.05, 3.63) is 29.8 Å². The molecule has 0 heterocycles. The molecule has 0 aliphatic carbocycles. The third kappa shape index (κ3) is 3.49. The molecular formula is C10H14N4O2. The number of amides is 3. The van der Waals surface area contributed by atoms with Crippen LogP contribution in [0.1, 0.15) is 5.56 Å². The lowest BCUT2D eigenvalue weighted by Gasteiger charge is -2.18. The SMILES string of the molecule is NC(=O)CN(Cc1ccc(N)cc1)C(N)=O. The molecule has 0 bridgehead atoms. The average molecular weight is 222 g/mol. The Morgan fingerprint density at radius 3 is 2.12 bits per heavy atom. The predicted molar refractivity (Wildman–Crippen MR) is 60.0 cm³/mol. The largest absolute Gasteiger partial charge is 0.399 e. The van der Waals surface area contributed by atoms with E-state index in [4.69, 9.17) is 17.2 Å². The van der Waals surface area contributed by atoms with Crippen LogP contribution in [0.25, 0.3) is 0 Å². The number of benzene rings is 1. The summed E-state index contributed by atoms with van der Waals surface area (Å²) in [6.07, 6.45) is 0. The molecule has 86 valence electrons. The molecule has 1 aromatic carbocycles. The predicted octanol–water partition coefficient (Wildman–Crippen LogP) is -0.365. The highest BCUT2D eigenvalue weighted by atomic mass is 16.2. The lowest BCUT2D eigenvalue weighted by atomic mass is 10.2. The number of urea groups is 1. The van der Waals surface area contributed by atoms with Crippen LogP contribution < -0.4 is 17.2 Å². The molecular weight excluding hydrogens is 208 g/mol. The van der Waals surface area contributed by atoms with E-state index in [0.717, 1.165) is 10.5 Å². The minimum atomic E-state index is -0.685. The average Bonchev–Trinajstić information content (AvgIpc) is 2.19. The fourth-order valence-corrected chi connectivity index (χ4v) is 1.24. The van der Waals surface area contributed by atoms with Gasteiger partial charge in [-0.25, -0.2) is 4.79 Å². The van der Waals surface area contributed by atoms with Crippen LogP contribution in [0.15, 0.2) is 24.3 Å². The van der Waals surface area contributed by atoms with Crippen molar-refractivity contribution in [3.8, 4) is 0 Å². The number of carbonyl (C=O) groups is 2. The van der Waals surface area contributed by atoms with Gasteiger partial charge in [0.05, 0.1) is 0 Å². The van der Waals surface area contributed by atoms with Gasteiger partial charge in [-0.15, -0.1) is 0 Å². The fraction of sp³-hybridized carbons (Fsp3) is 0.200. The molecule has 0 aliphatic rings. The number of nitrogens with two attached hydrogens (primary N) is 3. The molecule has 6 nitrogen and oxygen atoms in total. The van der Waals surface area contributed by atoms with Gasteiger partial charge in [0.25, 0.3) is 0 Å². The Morgan fingerprint density at radius 2 is 1.69 bits per heavy atom. The van der Waals surface area contributed by atoms with Crippen molar-refractivity contribution in [2.75, 3.05) is 12.3 Å². The van der Waals surface area contributed by atoms with Crippen LogP contribution in [-0.2, 0) is 11.3 Å². The molecule has 6 N–H and O–H groups in total. The first-order chi connectivity index (χ1) is 7.49. The molecule has 6 heteroatoms. The van der Waals surface area contributed by atoms with E-state index in [2.05, 4.69) is 0 Å². The van der Waals surface area contributed by atoms with Crippen molar-refractivity contribution in [2.45, 2.75) is 6.54 Å². The van der Waals surface area contributed by atoms with E-state index in [9.17, 15) is 9.59 Å². The van der Waals surface area contributed by atoms with Crippen molar-refractivity contribution in [3.63, 3.8) is 0 Å². The van der Waals surface area contributed by atoms with Gasteiger partial charge in [-0.05, 0) is 17.7 Å². The number of hydrogen-bond donors (Lipinski definition) is 3. The number of hydrogen-bond acceptors (Lipinski definition) is 3. The first kappa shape index (κ1) is 11.8. The van der Waals surface area contributed by atoms with Gasteiger partial charge in [0.15, 0.2) is 0 Å². The molecule has 0 spiro atoms. The Balaban J connectivity index is 2.71. The van der Waals surface area contributed by atoms with Gasteiger partial charge in [0, 0.05) is 12.2 Å². The van der Waals surface area contributed by atoms with Crippen LogP contribution in [0.4, 0.5) is 10.5 Å². The quantitative estimate of drug-likeness (QED) is 0.604. The molecule has 1 rings (SSSR count). The molecule has 1 aromatic rings. The first-order valence-electron chi connectivity index (χ1n) is 4.66. The normalized spacial score (nSPS) is 9.75. The number of nitrogen functional groups attached to an aromatic ring is 1. The topological polar surface area (TPSA) is 115 Å². The standard InChI is InChI=1S/C10H14N4O2/c11-8-3-1-7(2-4-8)5-14(10(13)16)6-9(12)15/h1-4H,5-6,11H2,(H2,12,15)(H2,13,16). The summed E-state index contributed by atoms with van der Waals surface area (Å²) in [5.74, 6) is -0.603. The summed E-state index contributed by atoms with van der Waals surface area (Å²) in [7, 11) is 0. The smallest absolute Gasteiger partial charge is 0.315 e. The Kier molecular flexibility index (Phi) is 3.71. The Hall–Kier alpha value is -2.24. The molecule has 0 aromatic heterocycles. The van der Waals surface area contributed by atoms with Gasteiger partial charge in [0.2, 0.25) is 5.91 Å². The maximum Gasteiger partial charge on any atom is 0.315 e. The lowest BCUT2D eigenvalue weighted by Crippen LogP contribution is -2.41. The summed E-state index contributed by atoms with van der Waals surface area (Å²) in [4.78, 5) is 22.9. The maximum absolute atomic E-state index is 11.0. The van der Waals surface area contributed by atoms with Crippen LogP contribution in [-0.4, -0.2) is 23.4 Å². The van der Waals surface area contributed by atoms with Crippen LogP contribution in [0.2, 0.25) is 0 Å². The Morgan fingerprint density at radius 1 is 1.12 bits per heavy atom. The molecule has 16 heavy (non-hydrogen) atoms. The number of carbonyl (C=O) groups excluding carboxylic acids is 2. The van der Waals surface area contributed by atoms with Gasteiger partial charge < -0.3 is 22.1 Å². The van der Waals surface area contributed by atoms with Gasteiger partial charge in [-0.3, -0.25) is 4.79 Å². The summed E-state index contributed by atoms with van der Waals surface area (Å²) in [5.41, 5.74) is 17.1. The first-order valence-corrected chi connectivity index (χ1v) is 4.66. The highest BCUT2D eigenvalue weighted by Crippen LogP contribution is 2.08. The van der Waals surface area contributed by atoms with Crippen LogP contribution >= 0.6 is 0 Å². The van der Waals surface area contributed by atoms with Crippen LogP contribution in [0, 0.1) is 0 Å². The van der Waals surface area contributed by atoms with Gasteiger partial charge in [0.1, 0.15) is 6.54 Å². The van der Waals surface area contributed by atoms with E-state index >= 15 is 0 Å². The monoisotopic (exact) mass is 222 g/mol. The lowest BCUT2D eigenvalue weighted by molar-refractivity contribution is -0.118. The minimum Gasteiger partial charge on any atom is -0.399 e. The summed E-state index contributed by atoms with van der Waals surface area (Å²) < 4.78 is 0. The molecule has 0 aliphatic heterocycles. The highest BCUT2D eigenvalue weighted by molar-refractivity contribution is 5.82. The van der Waals surface area contributed by atoms with E-state index < -0.39 is 11.9 Å². The third-order valence-electron chi connectivity index (χ3n) is 2.01. The van der Waals surface area contributed by atoms with Crippen molar-refractivity contribution in [1.82, 2.24) is 4.90 Å². The molecule has 0 fully saturated rings. The Bertz CT molecular complexity index is 388. The van der Waals surface area contributed by atoms with E-state index in [-0.39, 0.29) is 13.1 Å². The minimum absolute atomic E-state index is 0.195. The van der Waals surface area contributed by atoms with Crippen molar-refractivity contribution < 1.29 is 9.59 Å². The number of primary amides is 2. The second-order valence-electron chi connectivity index (χ2n) is 3.40. The number of nitrogens with zero attached hydrogens (tertiary/aromatic N) is 1. The van der Waals surface area contributed by atoms with Crippen molar-refractivity contribution in [2.24, 2.45) is 11.5 Å². The zero-order valence-electron chi connectivity index (χ0n) is 8.72. The fourth-order valence-electron chi connectivity index (χ4n) is 1.24. The Labute approximate surface area is 93.0 Å². The van der Waals surface area contributed by atoms with Crippen LogP contribution in [0.5, 0.6) is 0 Å². The number of rotatable bonds is 4. The number of anilines is 1. The second-order valence-corrected chi connectivity index (χ2v) is 3.40. The summed E-state index contributed by atoms with van der Waals surface area (Å²) >= 11 is 0. The summed E-state index contributed by atoms with van der Waals surface area (Å²) in [6.45, 7) is 0.0399. The van der Waals surface area contributed by atoms with E-state index in [0.29, 0.717) is 5.69 Å². The summed E-state index contributed by atoms with van der Waals surface area (Å²) in [5, 5.41) is 0. The maximum atomic E-state index is 11.0. The summed E-state index contributed by atoms with van der Waals surface area (Å²) in [6, 6.07) is 6.24. The third-order valence-corrected chi connectivity index (χ3v) is 2.01. The molecule has 0 unspecified atom stereocenters. The zero-order valence-corrected chi connectivity index (χ0v) is 8.72. The van der Waals surface area contributed by atoms with E-state index in [1.807, 2.05) is 0 Å². The van der Waals surface area contributed by atoms with Crippen molar-refractivity contribution in [1.29, 1.82) is 0 Å².